The molecule has 40 heavy (non-hydrogen) atoms. The summed E-state index contributed by atoms with van der Waals surface area (Å²) in [6.07, 6.45) is 1.92. The molecular weight excluding hydrogens is 552 g/mol. The summed E-state index contributed by atoms with van der Waals surface area (Å²) in [6.45, 7) is 8.38. The first kappa shape index (κ1) is 29.3. The van der Waals surface area contributed by atoms with Crippen LogP contribution < -0.4 is 9.64 Å². The third kappa shape index (κ3) is 6.21. The maximum atomic E-state index is 13.4. The van der Waals surface area contributed by atoms with Gasteiger partial charge in [-0.1, -0.05) is 62.3 Å². The Morgan fingerprint density at radius 2 is 1.80 bits per heavy atom. The van der Waals surface area contributed by atoms with Gasteiger partial charge in [0, 0.05) is 10.6 Å². The van der Waals surface area contributed by atoms with Crippen LogP contribution in [-0.4, -0.2) is 41.0 Å². The minimum absolute atomic E-state index is 0.0937. The smallest absolute Gasteiger partial charge is 0.350 e. The number of aromatic nitrogens is 1. The van der Waals surface area contributed by atoms with Crippen LogP contribution in [0.2, 0.25) is 5.02 Å². The van der Waals surface area contributed by atoms with Crippen molar-refractivity contribution in [2.24, 2.45) is 5.92 Å². The van der Waals surface area contributed by atoms with E-state index in [1.54, 1.807) is 55.5 Å². The number of ketones is 1. The number of benzene rings is 2. The highest BCUT2D eigenvalue weighted by Gasteiger charge is 2.48. The highest BCUT2D eigenvalue weighted by molar-refractivity contribution is 7.17. The van der Waals surface area contributed by atoms with Crippen molar-refractivity contribution >= 4 is 51.5 Å². The lowest BCUT2D eigenvalue weighted by molar-refractivity contribution is -0.132. The van der Waals surface area contributed by atoms with Gasteiger partial charge < -0.3 is 14.6 Å². The Labute approximate surface area is 242 Å². The molecule has 1 aromatic heterocycles. The molecule has 8 nitrogen and oxygen atoms in total. The molecule has 1 N–H and O–H groups in total. The number of anilines is 1. The first-order chi connectivity index (χ1) is 19.1. The number of hydrogen-bond donors (Lipinski definition) is 1. The molecule has 0 bridgehead atoms. The van der Waals surface area contributed by atoms with E-state index in [1.165, 1.54) is 4.90 Å². The Kier molecular flexibility index (Phi) is 9.27. The first-order valence-electron chi connectivity index (χ1n) is 13.1. The SMILES string of the molecule is CCCCOc1ccc(C(O)=C2C(=O)C(=O)N(c3nc(C)c(C(=O)OCC(C)C)s3)[C@H]2c2ccc(Cl)cc2)cc1. The normalized spacial score (nSPS) is 16.6. The number of carbonyl (C=O) groups excluding carboxylic acids is 3. The number of nitrogens with zero attached hydrogens (tertiary/aromatic N) is 2. The van der Waals surface area contributed by atoms with Crippen LogP contribution in [0.3, 0.4) is 0 Å². The summed E-state index contributed by atoms with van der Waals surface area (Å²) in [5.41, 5.74) is 1.18. The standard InChI is InChI=1S/C30H31ClN2O6S/c1-5-6-15-38-22-13-9-20(10-14-22)25(34)23-24(19-7-11-21(31)12-8-19)33(28(36)26(23)35)30-32-18(4)27(40-30)29(37)39-16-17(2)3/h7-14,17,24,34H,5-6,15-16H2,1-4H3/t24-/m0/s1. The van der Waals surface area contributed by atoms with Gasteiger partial charge in [0.1, 0.15) is 16.4 Å². The monoisotopic (exact) mass is 582 g/mol. The zero-order valence-corrected chi connectivity index (χ0v) is 24.3. The van der Waals surface area contributed by atoms with Gasteiger partial charge in [0.15, 0.2) is 5.13 Å². The average molecular weight is 583 g/mol. The summed E-state index contributed by atoms with van der Waals surface area (Å²) in [6, 6.07) is 12.3. The van der Waals surface area contributed by atoms with Crippen LogP contribution in [0.1, 0.15) is 66.1 Å². The predicted octanol–water partition coefficient (Wildman–Crippen LogP) is 6.72. The zero-order chi connectivity index (χ0) is 29.0. The Morgan fingerprint density at radius 1 is 1.12 bits per heavy atom. The van der Waals surface area contributed by atoms with Gasteiger partial charge >= 0.3 is 11.9 Å². The zero-order valence-electron chi connectivity index (χ0n) is 22.8. The highest BCUT2D eigenvalue weighted by atomic mass is 35.5. The van der Waals surface area contributed by atoms with E-state index in [9.17, 15) is 19.5 Å². The van der Waals surface area contributed by atoms with Crippen LogP contribution in [0, 0.1) is 12.8 Å². The molecule has 1 aliphatic heterocycles. The van der Waals surface area contributed by atoms with Crippen LogP contribution >= 0.6 is 22.9 Å². The van der Waals surface area contributed by atoms with Gasteiger partial charge in [-0.2, -0.15) is 0 Å². The molecule has 0 unspecified atom stereocenters. The molecular formula is C30H31ClN2O6S. The third-order valence-electron chi connectivity index (χ3n) is 6.25. The van der Waals surface area contributed by atoms with E-state index in [1.807, 2.05) is 13.8 Å². The lowest BCUT2D eigenvalue weighted by atomic mass is 9.95. The minimum Gasteiger partial charge on any atom is -0.507 e. The van der Waals surface area contributed by atoms with Gasteiger partial charge in [-0.05, 0) is 61.2 Å². The van der Waals surface area contributed by atoms with E-state index in [4.69, 9.17) is 21.1 Å². The molecule has 0 radical (unpaired) electrons. The lowest BCUT2D eigenvalue weighted by Crippen LogP contribution is -2.29. The van der Waals surface area contributed by atoms with Crippen molar-refractivity contribution in [2.75, 3.05) is 18.1 Å². The second-order valence-electron chi connectivity index (χ2n) is 9.85. The molecule has 1 fully saturated rings. The maximum Gasteiger partial charge on any atom is 0.350 e. The number of thiazole rings is 1. The molecule has 2 heterocycles. The quantitative estimate of drug-likeness (QED) is 0.0929. The summed E-state index contributed by atoms with van der Waals surface area (Å²) in [5, 5.41) is 12.0. The van der Waals surface area contributed by atoms with Crippen molar-refractivity contribution in [3.8, 4) is 5.75 Å². The number of halogens is 1. The van der Waals surface area contributed by atoms with Crippen LogP contribution in [0.15, 0.2) is 54.1 Å². The number of ether oxygens (including phenoxy) is 2. The second kappa shape index (κ2) is 12.7. The molecule has 4 rings (SSSR count). The van der Waals surface area contributed by atoms with E-state index in [0.717, 1.165) is 24.2 Å². The lowest BCUT2D eigenvalue weighted by Gasteiger charge is -2.23. The van der Waals surface area contributed by atoms with Gasteiger partial charge in [-0.25, -0.2) is 9.78 Å². The number of Topliss-reactive ketones (excluding diaryl/α,β-unsaturated/α-hetero) is 1. The highest BCUT2D eigenvalue weighted by Crippen LogP contribution is 2.44. The van der Waals surface area contributed by atoms with Gasteiger partial charge in [-0.15, -0.1) is 0 Å². The maximum absolute atomic E-state index is 13.4. The Hall–Kier alpha value is -3.69. The fourth-order valence-electron chi connectivity index (χ4n) is 4.17. The Bertz CT molecular complexity index is 1430. The molecule has 1 saturated heterocycles. The van der Waals surface area contributed by atoms with E-state index < -0.39 is 23.7 Å². The van der Waals surface area contributed by atoms with Gasteiger partial charge in [0.05, 0.1) is 30.5 Å². The van der Waals surface area contributed by atoms with Crippen LogP contribution in [0.5, 0.6) is 5.75 Å². The Morgan fingerprint density at radius 3 is 2.42 bits per heavy atom. The molecule has 10 heteroatoms. The van der Waals surface area contributed by atoms with Crippen LogP contribution in [0.4, 0.5) is 5.13 Å². The molecule has 3 aromatic rings. The molecule has 1 aliphatic rings. The first-order valence-corrected chi connectivity index (χ1v) is 14.3. The number of aliphatic hydroxyl groups excluding tert-OH is 1. The van der Waals surface area contributed by atoms with E-state index >= 15 is 0 Å². The molecule has 210 valence electrons. The predicted molar refractivity (Wildman–Crippen MR) is 155 cm³/mol. The second-order valence-corrected chi connectivity index (χ2v) is 11.3. The van der Waals surface area contributed by atoms with Crippen molar-refractivity contribution in [3.05, 3.63) is 80.8 Å². The summed E-state index contributed by atoms with van der Waals surface area (Å²) in [7, 11) is 0. The number of aryl methyl sites for hydroxylation is 1. The van der Waals surface area contributed by atoms with E-state index in [-0.39, 0.29) is 33.9 Å². The molecule has 1 atom stereocenters. The number of carbonyl (C=O) groups is 3. The number of unbranched alkanes of at least 4 members (excludes halogenated alkanes) is 1. The fraction of sp³-hybridized carbons (Fsp3) is 0.333. The summed E-state index contributed by atoms with van der Waals surface area (Å²) in [5.74, 6) is -1.82. The van der Waals surface area contributed by atoms with E-state index in [0.29, 0.717) is 34.2 Å². The third-order valence-corrected chi connectivity index (χ3v) is 7.64. The van der Waals surface area contributed by atoms with Crippen molar-refractivity contribution in [3.63, 3.8) is 0 Å². The largest absolute Gasteiger partial charge is 0.507 e. The number of aliphatic hydroxyl groups is 1. The van der Waals surface area contributed by atoms with Crippen LogP contribution in [-0.2, 0) is 14.3 Å². The minimum atomic E-state index is -0.997. The van der Waals surface area contributed by atoms with Crippen molar-refractivity contribution < 1.29 is 29.0 Å². The molecule has 1 amide bonds. The summed E-state index contributed by atoms with van der Waals surface area (Å²) >= 11 is 7.08. The van der Waals surface area contributed by atoms with Gasteiger partial charge in [0.25, 0.3) is 5.78 Å². The Balaban J connectivity index is 1.77. The number of amides is 1. The molecule has 2 aromatic carbocycles. The summed E-state index contributed by atoms with van der Waals surface area (Å²) < 4.78 is 11.1. The fourth-order valence-corrected chi connectivity index (χ4v) is 5.29. The summed E-state index contributed by atoms with van der Waals surface area (Å²) in [4.78, 5) is 45.5. The average Bonchev–Trinajstić information content (AvgIpc) is 3.44. The van der Waals surface area contributed by atoms with Crippen molar-refractivity contribution in [1.29, 1.82) is 0 Å². The number of esters is 1. The number of rotatable bonds is 10. The molecule has 0 aliphatic carbocycles. The van der Waals surface area contributed by atoms with E-state index in [2.05, 4.69) is 11.9 Å². The molecule has 0 spiro atoms. The van der Waals surface area contributed by atoms with Crippen molar-refractivity contribution in [2.45, 2.75) is 46.6 Å². The number of hydrogen-bond acceptors (Lipinski definition) is 8. The van der Waals surface area contributed by atoms with Gasteiger partial charge in [-0.3, -0.25) is 14.5 Å². The van der Waals surface area contributed by atoms with Gasteiger partial charge in [0.2, 0.25) is 0 Å². The van der Waals surface area contributed by atoms with Crippen LogP contribution in [0.25, 0.3) is 5.76 Å². The van der Waals surface area contributed by atoms with Crippen molar-refractivity contribution in [1.82, 2.24) is 4.98 Å². The topological polar surface area (TPSA) is 106 Å². The molecule has 0 saturated carbocycles.